The number of rotatable bonds is 2. The smallest absolute Gasteiger partial charge is 0.162 e. The second kappa shape index (κ2) is 5.04. The van der Waals surface area contributed by atoms with Gasteiger partial charge in [-0.25, -0.2) is 0 Å². The third kappa shape index (κ3) is 2.62. The number of amidine groups is 1. The molecule has 1 aromatic rings. The standard InChI is InChI=1S/C15H25N5/c1-9-10(2)18-19-14(12(9)13(16)17)20-7-6-11(8-20)15(3,4)5/h11H,6-8H2,1-5H3,(H3,16,17). The maximum Gasteiger partial charge on any atom is 0.162 e. The van der Waals surface area contributed by atoms with Crippen molar-refractivity contribution in [2.75, 3.05) is 18.0 Å². The summed E-state index contributed by atoms with van der Waals surface area (Å²) >= 11 is 0. The fourth-order valence-electron chi connectivity index (χ4n) is 2.80. The Labute approximate surface area is 121 Å². The van der Waals surface area contributed by atoms with Crippen LogP contribution in [0.4, 0.5) is 5.82 Å². The Hall–Kier alpha value is -1.65. The van der Waals surface area contributed by atoms with Gasteiger partial charge in [0.1, 0.15) is 5.84 Å². The molecule has 0 spiro atoms. The molecule has 5 heteroatoms. The van der Waals surface area contributed by atoms with Gasteiger partial charge in [-0.15, -0.1) is 5.10 Å². The maximum atomic E-state index is 7.83. The first-order chi connectivity index (χ1) is 9.21. The lowest BCUT2D eigenvalue weighted by Crippen LogP contribution is -2.29. The first-order valence-electron chi connectivity index (χ1n) is 7.15. The average molecular weight is 275 g/mol. The SMILES string of the molecule is Cc1nnc(N2CCC(C(C)(C)C)C2)c(C(=N)N)c1C. The third-order valence-electron chi connectivity index (χ3n) is 4.42. The van der Waals surface area contributed by atoms with Crippen LogP contribution < -0.4 is 10.6 Å². The topological polar surface area (TPSA) is 78.9 Å². The minimum Gasteiger partial charge on any atom is -0.384 e. The fraction of sp³-hybridized carbons (Fsp3) is 0.667. The van der Waals surface area contributed by atoms with Crippen molar-refractivity contribution < 1.29 is 0 Å². The zero-order valence-corrected chi connectivity index (χ0v) is 13.1. The molecule has 1 fully saturated rings. The minimum absolute atomic E-state index is 0.0784. The Morgan fingerprint density at radius 2 is 1.95 bits per heavy atom. The van der Waals surface area contributed by atoms with E-state index in [4.69, 9.17) is 11.1 Å². The molecule has 0 saturated carbocycles. The fourth-order valence-corrected chi connectivity index (χ4v) is 2.80. The maximum absolute atomic E-state index is 7.83. The van der Waals surface area contributed by atoms with Crippen molar-refractivity contribution in [1.29, 1.82) is 5.41 Å². The van der Waals surface area contributed by atoms with Crippen LogP contribution >= 0.6 is 0 Å². The van der Waals surface area contributed by atoms with Gasteiger partial charge < -0.3 is 10.6 Å². The Morgan fingerprint density at radius 3 is 2.45 bits per heavy atom. The summed E-state index contributed by atoms with van der Waals surface area (Å²) in [6.45, 7) is 12.6. The highest BCUT2D eigenvalue weighted by molar-refractivity contribution is 6.01. The number of nitrogen functional groups attached to an aromatic ring is 1. The molecule has 2 rings (SSSR count). The number of hydrogen-bond acceptors (Lipinski definition) is 4. The van der Waals surface area contributed by atoms with Crippen molar-refractivity contribution in [1.82, 2.24) is 10.2 Å². The van der Waals surface area contributed by atoms with Crippen molar-refractivity contribution in [3.05, 3.63) is 16.8 Å². The molecule has 110 valence electrons. The first-order valence-corrected chi connectivity index (χ1v) is 7.15. The minimum atomic E-state index is 0.0784. The predicted octanol–water partition coefficient (Wildman–Crippen LogP) is 2.25. The summed E-state index contributed by atoms with van der Waals surface area (Å²) in [5, 5.41) is 16.4. The highest BCUT2D eigenvalue weighted by Crippen LogP contribution is 2.36. The van der Waals surface area contributed by atoms with Crippen LogP contribution in [0.25, 0.3) is 0 Å². The van der Waals surface area contributed by atoms with Crippen molar-refractivity contribution >= 4 is 11.7 Å². The molecule has 0 aliphatic carbocycles. The molecule has 1 aromatic heterocycles. The van der Waals surface area contributed by atoms with Crippen molar-refractivity contribution in [3.8, 4) is 0 Å². The Kier molecular flexibility index (Phi) is 3.71. The summed E-state index contributed by atoms with van der Waals surface area (Å²) in [7, 11) is 0. The van der Waals surface area contributed by atoms with E-state index in [1.165, 1.54) is 0 Å². The van der Waals surface area contributed by atoms with Gasteiger partial charge in [-0.1, -0.05) is 20.8 Å². The van der Waals surface area contributed by atoms with E-state index in [2.05, 4.69) is 35.9 Å². The quantitative estimate of drug-likeness (QED) is 0.641. The van der Waals surface area contributed by atoms with Gasteiger partial charge in [-0.2, -0.15) is 5.10 Å². The lowest BCUT2D eigenvalue weighted by atomic mass is 9.80. The molecule has 0 radical (unpaired) electrons. The molecule has 1 saturated heterocycles. The summed E-state index contributed by atoms with van der Waals surface area (Å²) in [5.74, 6) is 1.48. The Balaban J connectivity index is 2.36. The molecule has 0 aromatic carbocycles. The zero-order chi connectivity index (χ0) is 15.1. The monoisotopic (exact) mass is 275 g/mol. The zero-order valence-electron chi connectivity index (χ0n) is 13.1. The molecule has 20 heavy (non-hydrogen) atoms. The Morgan fingerprint density at radius 1 is 1.30 bits per heavy atom. The van der Waals surface area contributed by atoms with E-state index in [1.54, 1.807) is 0 Å². The van der Waals surface area contributed by atoms with Gasteiger partial charge in [0.2, 0.25) is 0 Å². The largest absolute Gasteiger partial charge is 0.384 e. The number of nitrogens with one attached hydrogen (secondary N) is 1. The highest BCUT2D eigenvalue weighted by Gasteiger charge is 2.33. The molecule has 1 aliphatic heterocycles. The number of aromatic nitrogens is 2. The van der Waals surface area contributed by atoms with Gasteiger partial charge in [0.05, 0.1) is 11.3 Å². The summed E-state index contributed by atoms with van der Waals surface area (Å²) in [6, 6.07) is 0. The average Bonchev–Trinajstić information content (AvgIpc) is 2.80. The lowest BCUT2D eigenvalue weighted by molar-refractivity contribution is 0.263. The molecule has 1 aliphatic rings. The summed E-state index contributed by atoms with van der Waals surface area (Å²) in [4.78, 5) is 2.23. The molecule has 0 bridgehead atoms. The van der Waals surface area contributed by atoms with Crippen LogP contribution in [0.3, 0.4) is 0 Å². The predicted molar refractivity (Wildman–Crippen MR) is 82.3 cm³/mol. The van der Waals surface area contributed by atoms with Gasteiger partial charge in [0.25, 0.3) is 0 Å². The van der Waals surface area contributed by atoms with Crippen molar-refractivity contribution in [2.24, 2.45) is 17.1 Å². The summed E-state index contributed by atoms with van der Waals surface area (Å²) < 4.78 is 0. The van der Waals surface area contributed by atoms with E-state index in [0.29, 0.717) is 5.92 Å². The number of aryl methyl sites for hydroxylation is 1. The van der Waals surface area contributed by atoms with E-state index in [9.17, 15) is 0 Å². The van der Waals surface area contributed by atoms with E-state index in [1.807, 2.05) is 13.8 Å². The van der Waals surface area contributed by atoms with Gasteiger partial charge in [-0.3, -0.25) is 5.41 Å². The first kappa shape index (κ1) is 14.8. The number of nitrogens with two attached hydrogens (primary N) is 1. The van der Waals surface area contributed by atoms with E-state index < -0.39 is 0 Å². The van der Waals surface area contributed by atoms with Gasteiger partial charge >= 0.3 is 0 Å². The molecule has 1 unspecified atom stereocenters. The molecule has 1 atom stereocenters. The third-order valence-corrected chi connectivity index (χ3v) is 4.42. The molecule has 3 N–H and O–H groups in total. The Bertz CT molecular complexity index is 530. The van der Waals surface area contributed by atoms with Gasteiger partial charge in [-0.05, 0) is 37.2 Å². The highest BCUT2D eigenvalue weighted by atomic mass is 15.3. The van der Waals surface area contributed by atoms with Crippen LogP contribution in [0.2, 0.25) is 0 Å². The van der Waals surface area contributed by atoms with Crippen LogP contribution in [-0.2, 0) is 0 Å². The summed E-state index contributed by atoms with van der Waals surface area (Å²) in [6.07, 6.45) is 1.15. The molecule has 5 nitrogen and oxygen atoms in total. The molecular weight excluding hydrogens is 250 g/mol. The van der Waals surface area contributed by atoms with Gasteiger partial charge in [0, 0.05) is 13.1 Å². The van der Waals surface area contributed by atoms with Crippen LogP contribution in [0, 0.1) is 30.6 Å². The lowest BCUT2D eigenvalue weighted by Gasteiger charge is -2.27. The van der Waals surface area contributed by atoms with Crippen LogP contribution in [0.15, 0.2) is 0 Å². The molecule has 2 heterocycles. The number of anilines is 1. The second-order valence-corrected chi connectivity index (χ2v) is 6.82. The molecule has 0 amide bonds. The van der Waals surface area contributed by atoms with Gasteiger partial charge in [0.15, 0.2) is 5.82 Å². The van der Waals surface area contributed by atoms with Crippen molar-refractivity contribution in [3.63, 3.8) is 0 Å². The normalized spacial score (nSPS) is 19.4. The van der Waals surface area contributed by atoms with Crippen LogP contribution in [0.1, 0.15) is 44.0 Å². The molecular formula is C15H25N5. The number of hydrogen-bond donors (Lipinski definition) is 2. The van der Waals surface area contributed by atoms with E-state index >= 15 is 0 Å². The van der Waals surface area contributed by atoms with E-state index in [0.717, 1.165) is 42.1 Å². The number of nitrogens with zero attached hydrogens (tertiary/aromatic N) is 3. The van der Waals surface area contributed by atoms with Crippen LogP contribution in [-0.4, -0.2) is 29.1 Å². The van der Waals surface area contributed by atoms with E-state index in [-0.39, 0.29) is 11.3 Å². The second-order valence-electron chi connectivity index (χ2n) is 6.82. The van der Waals surface area contributed by atoms with Crippen molar-refractivity contribution in [2.45, 2.75) is 41.0 Å². The summed E-state index contributed by atoms with van der Waals surface area (Å²) in [5.41, 5.74) is 8.59. The van der Waals surface area contributed by atoms with Crippen LogP contribution in [0.5, 0.6) is 0 Å².